The minimum absolute atomic E-state index is 0.00223. The normalized spacial score (nSPS) is 16.1. The topological polar surface area (TPSA) is 95.8 Å². The zero-order valence-corrected chi connectivity index (χ0v) is 15.1. The predicted octanol–water partition coefficient (Wildman–Crippen LogP) is 3.31. The van der Waals surface area contributed by atoms with Crippen LogP contribution in [0.5, 0.6) is 5.88 Å². The summed E-state index contributed by atoms with van der Waals surface area (Å²) in [6.07, 6.45) is 1.76. The smallest absolute Gasteiger partial charge is 0.251 e. The number of hydrogen-bond donors (Lipinski definition) is 2. The van der Waals surface area contributed by atoms with Crippen LogP contribution in [0.4, 0.5) is 20.3 Å². The summed E-state index contributed by atoms with van der Waals surface area (Å²) in [7, 11) is 0. The Labute approximate surface area is 163 Å². The van der Waals surface area contributed by atoms with E-state index in [1.807, 2.05) is 0 Å². The van der Waals surface area contributed by atoms with Crippen molar-refractivity contribution in [3.05, 3.63) is 46.7 Å². The molecule has 142 valence electrons. The van der Waals surface area contributed by atoms with Crippen LogP contribution >= 0.6 is 11.6 Å². The quantitative estimate of drug-likeness (QED) is 0.691. The average molecular weight is 403 g/mol. The molecule has 0 bridgehead atoms. The molecule has 28 heavy (non-hydrogen) atoms. The van der Waals surface area contributed by atoms with Gasteiger partial charge in [0, 0.05) is 12.6 Å². The van der Waals surface area contributed by atoms with Crippen molar-refractivity contribution >= 4 is 34.1 Å². The number of rotatable bonds is 4. The summed E-state index contributed by atoms with van der Waals surface area (Å²) in [6.45, 7) is 1.39. The number of halogens is 3. The molecule has 4 rings (SSSR count). The lowest BCUT2D eigenvalue weighted by Gasteiger charge is -2.14. The largest absolute Gasteiger partial charge is 0.471 e. The predicted molar refractivity (Wildman–Crippen MR) is 98.6 cm³/mol. The van der Waals surface area contributed by atoms with Gasteiger partial charge in [-0.2, -0.15) is 5.26 Å². The Bertz CT molecular complexity index is 1100. The second-order valence-electron chi connectivity index (χ2n) is 6.12. The number of pyridine rings is 1. The van der Waals surface area contributed by atoms with Crippen molar-refractivity contribution in [3.8, 4) is 11.9 Å². The van der Waals surface area contributed by atoms with Crippen molar-refractivity contribution in [1.29, 1.82) is 5.26 Å². The third-order valence-electron chi connectivity index (χ3n) is 4.28. The van der Waals surface area contributed by atoms with Crippen LogP contribution in [0.15, 0.2) is 24.5 Å². The molecule has 0 amide bonds. The molecule has 1 aliphatic heterocycles. The van der Waals surface area contributed by atoms with Gasteiger partial charge in [0.25, 0.3) is 5.88 Å². The van der Waals surface area contributed by atoms with E-state index in [1.54, 1.807) is 6.07 Å². The molecule has 3 heterocycles. The molecule has 2 aromatic heterocycles. The van der Waals surface area contributed by atoms with E-state index in [2.05, 4.69) is 25.6 Å². The van der Waals surface area contributed by atoms with Gasteiger partial charge in [-0.05, 0) is 25.1 Å². The Morgan fingerprint density at radius 1 is 1.32 bits per heavy atom. The average Bonchev–Trinajstić information content (AvgIpc) is 3.20. The van der Waals surface area contributed by atoms with E-state index in [1.165, 1.54) is 24.5 Å². The molecule has 0 saturated carbocycles. The second-order valence-corrected chi connectivity index (χ2v) is 6.50. The highest BCUT2D eigenvalue weighted by Gasteiger charge is 2.21. The molecule has 3 aromatic rings. The molecule has 1 saturated heterocycles. The molecule has 10 heteroatoms. The monoisotopic (exact) mass is 402 g/mol. The van der Waals surface area contributed by atoms with Crippen molar-refractivity contribution in [1.82, 2.24) is 20.3 Å². The van der Waals surface area contributed by atoms with Crippen LogP contribution < -0.4 is 15.4 Å². The van der Waals surface area contributed by atoms with Gasteiger partial charge in [-0.3, -0.25) is 0 Å². The fraction of sp³-hybridized carbons (Fsp3) is 0.222. The summed E-state index contributed by atoms with van der Waals surface area (Å²) in [5.74, 6) is -1.46. The molecule has 1 aromatic carbocycles. The molecule has 1 aliphatic rings. The Kier molecular flexibility index (Phi) is 4.90. The molecule has 0 unspecified atom stereocenters. The first-order valence-electron chi connectivity index (χ1n) is 8.40. The first-order valence-corrected chi connectivity index (χ1v) is 8.78. The van der Waals surface area contributed by atoms with Gasteiger partial charge in [0.2, 0.25) is 0 Å². The van der Waals surface area contributed by atoms with E-state index < -0.39 is 11.6 Å². The maximum Gasteiger partial charge on any atom is 0.251 e. The van der Waals surface area contributed by atoms with Crippen LogP contribution in [-0.4, -0.2) is 34.1 Å². The molecule has 0 aliphatic carbocycles. The number of nitrogens with zero attached hydrogens (tertiary/aromatic N) is 4. The number of anilines is 2. The van der Waals surface area contributed by atoms with Crippen LogP contribution in [0.1, 0.15) is 12.0 Å². The highest BCUT2D eigenvalue weighted by molar-refractivity contribution is 6.32. The van der Waals surface area contributed by atoms with E-state index in [4.69, 9.17) is 21.6 Å². The number of hydrogen-bond acceptors (Lipinski definition) is 7. The highest BCUT2D eigenvalue weighted by Crippen LogP contribution is 2.31. The van der Waals surface area contributed by atoms with E-state index in [-0.39, 0.29) is 45.1 Å². The SMILES string of the molecule is N#Cc1ccc(Nc2ncnc3cc(F)c(O[C@H]4CCNC4)nc23)c(F)c1Cl. The number of benzene rings is 1. The van der Waals surface area contributed by atoms with Crippen molar-refractivity contribution in [3.63, 3.8) is 0 Å². The van der Waals surface area contributed by atoms with E-state index in [0.717, 1.165) is 13.0 Å². The van der Waals surface area contributed by atoms with Gasteiger partial charge in [-0.15, -0.1) is 0 Å². The van der Waals surface area contributed by atoms with E-state index in [0.29, 0.717) is 6.54 Å². The minimum Gasteiger partial charge on any atom is -0.471 e. The second kappa shape index (κ2) is 7.50. The number of fused-ring (bicyclic) bond motifs is 1. The maximum atomic E-state index is 14.4. The highest BCUT2D eigenvalue weighted by atomic mass is 35.5. The molecule has 0 radical (unpaired) electrons. The third kappa shape index (κ3) is 3.40. The van der Waals surface area contributed by atoms with Gasteiger partial charge in [0.1, 0.15) is 24.0 Å². The fourth-order valence-electron chi connectivity index (χ4n) is 2.87. The zero-order valence-electron chi connectivity index (χ0n) is 14.3. The van der Waals surface area contributed by atoms with E-state index in [9.17, 15) is 8.78 Å². The standard InChI is InChI=1S/C18H13ClF2N6O/c19-14-9(6-22)1-2-12(15(14)21)26-17-16-13(24-8-25-17)5-11(20)18(27-16)28-10-3-4-23-7-10/h1-2,5,8,10,23H,3-4,7H2,(H,24,25,26)/t10-/m0/s1. The Morgan fingerprint density at radius 3 is 2.93 bits per heavy atom. The summed E-state index contributed by atoms with van der Waals surface area (Å²) < 4.78 is 34.4. The number of nitrogens with one attached hydrogen (secondary N) is 2. The molecule has 1 atom stereocenters. The summed E-state index contributed by atoms with van der Waals surface area (Å²) in [5, 5.41) is 14.5. The van der Waals surface area contributed by atoms with Gasteiger partial charge in [0.15, 0.2) is 17.5 Å². The molecular weight excluding hydrogens is 390 g/mol. The lowest BCUT2D eigenvalue weighted by molar-refractivity contribution is 0.204. The molecule has 1 fully saturated rings. The van der Waals surface area contributed by atoms with Gasteiger partial charge in [-0.1, -0.05) is 11.6 Å². The van der Waals surface area contributed by atoms with Crippen LogP contribution in [0.2, 0.25) is 5.02 Å². The molecule has 7 nitrogen and oxygen atoms in total. The fourth-order valence-corrected chi connectivity index (χ4v) is 3.07. The summed E-state index contributed by atoms with van der Waals surface area (Å²) in [4.78, 5) is 12.3. The number of aromatic nitrogens is 3. The summed E-state index contributed by atoms with van der Waals surface area (Å²) >= 11 is 5.86. The number of ether oxygens (including phenoxy) is 1. The minimum atomic E-state index is -0.803. The first-order chi connectivity index (χ1) is 13.6. The lowest BCUT2D eigenvalue weighted by Crippen LogP contribution is -2.20. The summed E-state index contributed by atoms with van der Waals surface area (Å²) in [6, 6.07) is 5.73. The van der Waals surface area contributed by atoms with Crippen LogP contribution in [0, 0.1) is 23.0 Å². The lowest BCUT2D eigenvalue weighted by atomic mass is 10.2. The molecule has 2 N–H and O–H groups in total. The first kappa shape index (κ1) is 18.3. The van der Waals surface area contributed by atoms with Gasteiger partial charge >= 0.3 is 0 Å². The Hall–Kier alpha value is -3.09. The van der Waals surface area contributed by atoms with Gasteiger partial charge < -0.3 is 15.4 Å². The van der Waals surface area contributed by atoms with E-state index >= 15 is 0 Å². The molecule has 0 spiro atoms. The van der Waals surface area contributed by atoms with Gasteiger partial charge in [-0.25, -0.2) is 23.7 Å². The Balaban J connectivity index is 1.73. The third-order valence-corrected chi connectivity index (χ3v) is 4.65. The van der Waals surface area contributed by atoms with Crippen LogP contribution in [0.3, 0.4) is 0 Å². The Morgan fingerprint density at radius 2 is 2.18 bits per heavy atom. The zero-order chi connectivity index (χ0) is 19.7. The van der Waals surface area contributed by atoms with Crippen molar-refractivity contribution < 1.29 is 13.5 Å². The van der Waals surface area contributed by atoms with Crippen molar-refractivity contribution in [2.24, 2.45) is 0 Å². The number of nitriles is 1. The molecular formula is C18H13ClF2N6O. The van der Waals surface area contributed by atoms with Crippen molar-refractivity contribution in [2.45, 2.75) is 12.5 Å². The van der Waals surface area contributed by atoms with Gasteiger partial charge in [0.05, 0.1) is 21.8 Å². The van der Waals surface area contributed by atoms with Crippen LogP contribution in [-0.2, 0) is 0 Å². The van der Waals surface area contributed by atoms with Crippen molar-refractivity contribution in [2.75, 3.05) is 18.4 Å². The summed E-state index contributed by atoms with van der Waals surface area (Å²) in [5.41, 5.74) is 0.452. The maximum absolute atomic E-state index is 14.4. The van der Waals surface area contributed by atoms with Crippen LogP contribution in [0.25, 0.3) is 11.0 Å².